The normalized spacial score (nSPS) is 10.2. The molecule has 0 radical (unpaired) electrons. The van der Waals surface area contributed by atoms with Crippen LogP contribution in [0.4, 0.5) is 10.2 Å². The lowest BCUT2D eigenvalue weighted by atomic mass is 10.2. The first-order chi connectivity index (χ1) is 8.70. The zero-order valence-corrected chi connectivity index (χ0v) is 9.98. The first-order valence-corrected chi connectivity index (χ1v) is 5.51. The second-order valence-electron chi connectivity index (χ2n) is 3.83. The van der Waals surface area contributed by atoms with E-state index in [4.69, 9.17) is 10.6 Å². The van der Waals surface area contributed by atoms with E-state index >= 15 is 0 Å². The van der Waals surface area contributed by atoms with E-state index in [1.807, 2.05) is 0 Å². The summed E-state index contributed by atoms with van der Waals surface area (Å²) in [5.74, 6) is 5.68. The molecule has 0 spiro atoms. The Bertz CT molecular complexity index is 546. The highest BCUT2D eigenvalue weighted by Gasteiger charge is 2.06. The maximum Gasteiger partial charge on any atom is 0.167 e. The molecule has 0 amide bonds. The Hall–Kier alpha value is -2.14. The van der Waals surface area contributed by atoms with Crippen LogP contribution in [0.1, 0.15) is 11.3 Å². The summed E-state index contributed by atoms with van der Waals surface area (Å²) in [4.78, 5) is 4.17. The third kappa shape index (κ3) is 2.75. The van der Waals surface area contributed by atoms with Gasteiger partial charge in [0.05, 0.1) is 5.69 Å². The van der Waals surface area contributed by atoms with Gasteiger partial charge in [0.1, 0.15) is 12.4 Å². The zero-order chi connectivity index (χ0) is 13.0. The van der Waals surface area contributed by atoms with Crippen LogP contribution in [0, 0.1) is 12.7 Å². The lowest BCUT2D eigenvalue weighted by molar-refractivity contribution is 0.285. The average molecular weight is 247 g/mol. The van der Waals surface area contributed by atoms with Crippen LogP contribution < -0.4 is 16.0 Å². The third-order valence-electron chi connectivity index (χ3n) is 2.49. The number of pyridine rings is 1. The number of nitrogens with one attached hydrogen (secondary N) is 1. The summed E-state index contributed by atoms with van der Waals surface area (Å²) < 4.78 is 19.1. The Morgan fingerprint density at radius 2 is 2.06 bits per heavy atom. The van der Waals surface area contributed by atoms with Crippen LogP contribution in [0.25, 0.3) is 0 Å². The first-order valence-electron chi connectivity index (χ1n) is 5.51. The van der Waals surface area contributed by atoms with E-state index in [9.17, 15) is 4.39 Å². The molecule has 0 saturated carbocycles. The fourth-order valence-electron chi connectivity index (χ4n) is 1.52. The fourth-order valence-corrected chi connectivity index (χ4v) is 1.52. The smallest absolute Gasteiger partial charge is 0.167 e. The van der Waals surface area contributed by atoms with Crippen LogP contribution in [-0.4, -0.2) is 4.98 Å². The number of aryl methyl sites for hydroxylation is 1. The maximum atomic E-state index is 13.7. The molecule has 0 aliphatic rings. The Morgan fingerprint density at radius 3 is 2.83 bits per heavy atom. The molecule has 4 nitrogen and oxygen atoms in total. The number of aromatic nitrogens is 1. The van der Waals surface area contributed by atoms with Crippen LogP contribution >= 0.6 is 0 Å². The molecule has 0 bridgehead atoms. The molecule has 0 fully saturated rings. The molecule has 5 heteroatoms. The van der Waals surface area contributed by atoms with Gasteiger partial charge in [0, 0.05) is 0 Å². The van der Waals surface area contributed by atoms with Crippen LogP contribution in [0.2, 0.25) is 0 Å². The minimum atomic E-state index is -0.342. The Balaban J connectivity index is 2.09. The van der Waals surface area contributed by atoms with E-state index in [-0.39, 0.29) is 18.2 Å². The number of hydrogen-bond donors (Lipinski definition) is 2. The molecule has 0 atom stereocenters. The molecule has 18 heavy (non-hydrogen) atoms. The van der Waals surface area contributed by atoms with Gasteiger partial charge in [0.25, 0.3) is 0 Å². The van der Waals surface area contributed by atoms with E-state index in [1.165, 1.54) is 0 Å². The summed E-state index contributed by atoms with van der Waals surface area (Å²) in [6.07, 6.45) is 0. The number of halogens is 1. The molecule has 2 rings (SSSR count). The number of nitrogens with two attached hydrogens (primary N) is 1. The number of rotatable bonds is 4. The summed E-state index contributed by atoms with van der Waals surface area (Å²) >= 11 is 0. The van der Waals surface area contributed by atoms with Gasteiger partial charge in [-0.1, -0.05) is 18.2 Å². The Labute approximate surface area is 105 Å². The van der Waals surface area contributed by atoms with Crippen molar-refractivity contribution in [2.45, 2.75) is 13.5 Å². The largest absolute Gasteiger partial charge is 0.484 e. The predicted molar refractivity (Wildman–Crippen MR) is 67.5 cm³/mol. The van der Waals surface area contributed by atoms with Crippen LogP contribution in [0.15, 0.2) is 36.4 Å². The Kier molecular flexibility index (Phi) is 3.74. The van der Waals surface area contributed by atoms with Gasteiger partial charge in [-0.25, -0.2) is 15.2 Å². The fraction of sp³-hybridized carbons (Fsp3) is 0.154. The lowest BCUT2D eigenvalue weighted by Crippen LogP contribution is -2.10. The SMILES string of the molecule is Cc1cccc(OCc2cccc(NN)n2)c1F. The van der Waals surface area contributed by atoms with Crippen molar-refractivity contribution in [2.75, 3.05) is 5.43 Å². The van der Waals surface area contributed by atoms with Gasteiger partial charge in [-0.3, -0.25) is 0 Å². The van der Waals surface area contributed by atoms with Gasteiger partial charge in [0.15, 0.2) is 11.6 Å². The second kappa shape index (κ2) is 5.46. The van der Waals surface area contributed by atoms with Crippen LogP contribution in [0.5, 0.6) is 5.75 Å². The molecule has 1 aromatic carbocycles. The molecule has 2 aromatic rings. The molecule has 0 unspecified atom stereocenters. The minimum absolute atomic E-state index is 0.190. The number of anilines is 1. The number of hydrogen-bond acceptors (Lipinski definition) is 4. The van der Waals surface area contributed by atoms with Gasteiger partial charge >= 0.3 is 0 Å². The second-order valence-corrected chi connectivity index (χ2v) is 3.83. The van der Waals surface area contributed by atoms with Crippen molar-refractivity contribution < 1.29 is 9.13 Å². The standard InChI is InChI=1S/C13H14FN3O/c1-9-4-2-6-11(13(9)14)18-8-10-5-3-7-12(16-10)17-15/h2-7H,8,15H2,1H3,(H,16,17). The molecule has 0 aliphatic heterocycles. The highest BCUT2D eigenvalue weighted by Crippen LogP contribution is 2.20. The minimum Gasteiger partial charge on any atom is -0.484 e. The van der Waals surface area contributed by atoms with Gasteiger partial charge in [-0.05, 0) is 30.7 Å². The summed E-state index contributed by atoms with van der Waals surface area (Å²) in [5, 5.41) is 0. The first kappa shape index (κ1) is 12.3. The number of nitrogens with zero attached hydrogens (tertiary/aromatic N) is 1. The number of benzene rings is 1. The van der Waals surface area contributed by atoms with Crippen molar-refractivity contribution in [3.05, 3.63) is 53.5 Å². The van der Waals surface area contributed by atoms with Crippen molar-refractivity contribution >= 4 is 5.82 Å². The van der Waals surface area contributed by atoms with E-state index in [0.29, 0.717) is 17.1 Å². The molecule has 0 aliphatic carbocycles. The summed E-state index contributed by atoms with van der Waals surface area (Å²) in [6.45, 7) is 1.88. The van der Waals surface area contributed by atoms with Crippen molar-refractivity contribution in [1.82, 2.24) is 4.98 Å². The molecular weight excluding hydrogens is 233 g/mol. The third-order valence-corrected chi connectivity index (χ3v) is 2.49. The monoisotopic (exact) mass is 247 g/mol. The Morgan fingerprint density at radius 1 is 1.28 bits per heavy atom. The number of hydrazine groups is 1. The molecule has 0 saturated heterocycles. The molecule has 3 N–H and O–H groups in total. The van der Waals surface area contributed by atoms with Gasteiger partial charge < -0.3 is 10.2 Å². The lowest BCUT2D eigenvalue weighted by Gasteiger charge is -2.08. The van der Waals surface area contributed by atoms with Gasteiger partial charge in [-0.15, -0.1) is 0 Å². The van der Waals surface area contributed by atoms with Crippen molar-refractivity contribution in [3.63, 3.8) is 0 Å². The highest BCUT2D eigenvalue weighted by atomic mass is 19.1. The van der Waals surface area contributed by atoms with Crippen LogP contribution in [-0.2, 0) is 6.61 Å². The maximum absolute atomic E-state index is 13.7. The number of ether oxygens (including phenoxy) is 1. The molecule has 94 valence electrons. The van der Waals surface area contributed by atoms with E-state index in [1.54, 1.807) is 43.3 Å². The highest BCUT2D eigenvalue weighted by molar-refractivity contribution is 5.34. The van der Waals surface area contributed by atoms with Crippen molar-refractivity contribution in [1.29, 1.82) is 0 Å². The van der Waals surface area contributed by atoms with E-state index in [0.717, 1.165) is 0 Å². The average Bonchev–Trinajstić information content (AvgIpc) is 2.41. The van der Waals surface area contributed by atoms with Crippen molar-refractivity contribution in [3.8, 4) is 5.75 Å². The molecule has 1 heterocycles. The topological polar surface area (TPSA) is 60.2 Å². The quantitative estimate of drug-likeness (QED) is 0.643. The summed E-state index contributed by atoms with van der Waals surface area (Å²) in [6, 6.07) is 10.4. The van der Waals surface area contributed by atoms with Crippen LogP contribution in [0.3, 0.4) is 0 Å². The van der Waals surface area contributed by atoms with E-state index in [2.05, 4.69) is 10.4 Å². The summed E-state index contributed by atoms with van der Waals surface area (Å²) in [5.41, 5.74) is 3.67. The predicted octanol–water partition coefficient (Wildman–Crippen LogP) is 2.39. The van der Waals surface area contributed by atoms with Crippen molar-refractivity contribution in [2.24, 2.45) is 5.84 Å². The van der Waals surface area contributed by atoms with E-state index < -0.39 is 0 Å². The van der Waals surface area contributed by atoms with Gasteiger partial charge in [0.2, 0.25) is 0 Å². The number of nitrogen functional groups attached to an aromatic ring is 1. The molecular formula is C13H14FN3O. The van der Waals surface area contributed by atoms with Gasteiger partial charge in [-0.2, -0.15) is 0 Å². The zero-order valence-electron chi connectivity index (χ0n) is 9.98. The summed E-state index contributed by atoms with van der Waals surface area (Å²) in [7, 11) is 0. The molecule has 1 aromatic heterocycles.